The number of benzene rings is 9. The Kier molecular flexibility index (Phi) is 7.51. The molecule has 0 radical (unpaired) electrons. The van der Waals surface area contributed by atoms with Crippen LogP contribution in [-0.2, 0) is 5.41 Å². The van der Waals surface area contributed by atoms with Crippen LogP contribution in [0.3, 0.4) is 0 Å². The van der Waals surface area contributed by atoms with Crippen LogP contribution in [0.5, 0.6) is 11.5 Å². The van der Waals surface area contributed by atoms with Crippen LogP contribution in [0.1, 0.15) is 22.3 Å². The summed E-state index contributed by atoms with van der Waals surface area (Å²) >= 11 is 0. The van der Waals surface area contributed by atoms with E-state index < -0.39 is 5.41 Å². The average molecular weight is 831 g/mol. The molecule has 6 nitrogen and oxygen atoms in total. The summed E-state index contributed by atoms with van der Waals surface area (Å²) in [5, 5.41) is 5.31. The summed E-state index contributed by atoms with van der Waals surface area (Å²) in [4.78, 5) is 21.0. The summed E-state index contributed by atoms with van der Waals surface area (Å²) in [6.07, 6.45) is 0. The summed E-state index contributed by atoms with van der Waals surface area (Å²) in [5.41, 5.74) is 13.4. The highest BCUT2D eigenvalue weighted by molar-refractivity contribution is 6.14. The first kappa shape index (κ1) is 35.8. The molecule has 3 aromatic heterocycles. The zero-order valence-corrected chi connectivity index (χ0v) is 34.7. The second-order valence-electron chi connectivity index (χ2n) is 16.8. The SMILES string of the molecule is c1ccc(-c2nc(-c3ccc4c(c3)nc(-c3ccccc3)c3cc5c(cc34)C3(c4ccccc4Oc4ccccc43)c3ccccc3-5)nc(-c3cccc4c3oc3ccccc34)n2)cc1. The van der Waals surface area contributed by atoms with Gasteiger partial charge in [-0.15, -0.1) is 0 Å². The molecule has 6 heteroatoms. The van der Waals surface area contributed by atoms with E-state index in [9.17, 15) is 0 Å². The van der Waals surface area contributed by atoms with Gasteiger partial charge in [0.2, 0.25) is 0 Å². The predicted molar refractivity (Wildman–Crippen MR) is 259 cm³/mol. The standard InChI is InChI=1S/C59H34N4O2/c1-3-16-35(17-4-1)54-45-33-44-38-20-7-9-24-46(38)59(47-25-10-13-28-52(47)64-53-29-14-11-26-48(53)59)49(44)34-43(45)39-31-30-37(32-50(39)60-54)57-61-56(36-18-5-2-6-19-36)62-58(63-57)42-23-15-22-41-40-21-8-12-27-51(40)65-55(41)42/h1-34H. The maximum Gasteiger partial charge on any atom is 0.167 e. The molecule has 1 aliphatic carbocycles. The molecule has 65 heavy (non-hydrogen) atoms. The minimum Gasteiger partial charge on any atom is -0.457 e. The number of furan rings is 1. The molecule has 0 unspecified atom stereocenters. The van der Waals surface area contributed by atoms with Gasteiger partial charge in [0.1, 0.15) is 22.7 Å². The quantitative estimate of drug-likeness (QED) is 0.165. The fourth-order valence-corrected chi connectivity index (χ4v) is 10.6. The van der Waals surface area contributed by atoms with Gasteiger partial charge in [-0.3, -0.25) is 0 Å². The largest absolute Gasteiger partial charge is 0.457 e. The lowest BCUT2D eigenvalue weighted by molar-refractivity contribution is 0.436. The molecule has 302 valence electrons. The minimum absolute atomic E-state index is 0.535. The monoisotopic (exact) mass is 830 g/mol. The van der Waals surface area contributed by atoms with Gasteiger partial charge >= 0.3 is 0 Å². The van der Waals surface area contributed by atoms with E-state index in [1.165, 1.54) is 22.3 Å². The van der Waals surface area contributed by atoms with Crippen LogP contribution in [0, 0.1) is 0 Å². The minimum atomic E-state index is -0.605. The van der Waals surface area contributed by atoms with Crippen molar-refractivity contribution in [2.75, 3.05) is 0 Å². The Balaban J connectivity index is 1.03. The Morgan fingerprint density at radius 3 is 1.74 bits per heavy atom. The zero-order chi connectivity index (χ0) is 42.6. The van der Waals surface area contributed by atoms with E-state index in [0.717, 1.165) is 94.2 Å². The highest BCUT2D eigenvalue weighted by atomic mass is 16.5. The van der Waals surface area contributed by atoms with Crippen molar-refractivity contribution < 1.29 is 9.15 Å². The Morgan fingerprint density at radius 2 is 0.954 bits per heavy atom. The molecule has 0 N–H and O–H groups in total. The zero-order valence-electron chi connectivity index (χ0n) is 34.7. The number of aromatic nitrogens is 4. The van der Waals surface area contributed by atoms with Gasteiger partial charge in [0.15, 0.2) is 17.5 Å². The molecule has 1 spiro atoms. The Morgan fingerprint density at radius 1 is 0.338 bits per heavy atom. The Bertz CT molecular complexity index is 3890. The van der Waals surface area contributed by atoms with Crippen LogP contribution >= 0.6 is 0 Å². The number of ether oxygens (including phenoxy) is 1. The van der Waals surface area contributed by atoms with Crippen molar-refractivity contribution in [1.82, 2.24) is 19.9 Å². The third-order valence-corrected chi connectivity index (χ3v) is 13.4. The summed E-state index contributed by atoms with van der Waals surface area (Å²) < 4.78 is 13.2. The third-order valence-electron chi connectivity index (χ3n) is 13.4. The topological polar surface area (TPSA) is 73.9 Å². The van der Waals surface area contributed by atoms with Gasteiger partial charge in [0.05, 0.1) is 22.2 Å². The van der Waals surface area contributed by atoms with E-state index in [2.05, 4.69) is 146 Å². The molecular formula is C59H34N4O2. The van der Waals surface area contributed by atoms with Gasteiger partial charge < -0.3 is 9.15 Å². The molecule has 12 aromatic rings. The molecule has 0 saturated heterocycles. The first-order valence-electron chi connectivity index (χ1n) is 21.9. The van der Waals surface area contributed by atoms with Gasteiger partial charge in [-0.1, -0.05) is 164 Å². The van der Waals surface area contributed by atoms with Gasteiger partial charge in [-0.2, -0.15) is 0 Å². The van der Waals surface area contributed by atoms with Crippen molar-refractivity contribution in [3.8, 4) is 68.0 Å². The number of hydrogen-bond acceptors (Lipinski definition) is 6. The average Bonchev–Trinajstić information content (AvgIpc) is 3.89. The molecule has 9 aromatic carbocycles. The second kappa shape index (κ2) is 13.6. The van der Waals surface area contributed by atoms with Gasteiger partial charge in [0.25, 0.3) is 0 Å². The van der Waals surface area contributed by atoms with E-state index in [-0.39, 0.29) is 0 Å². The second-order valence-corrected chi connectivity index (χ2v) is 16.8. The predicted octanol–water partition coefficient (Wildman–Crippen LogP) is 14.6. The van der Waals surface area contributed by atoms with Gasteiger partial charge in [-0.25, -0.2) is 19.9 Å². The van der Waals surface area contributed by atoms with Crippen molar-refractivity contribution >= 4 is 43.6 Å². The fraction of sp³-hybridized carbons (Fsp3) is 0.0169. The lowest BCUT2D eigenvalue weighted by Crippen LogP contribution is -2.32. The molecule has 14 rings (SSSR count). The third kappa shape index (κ3) is 5.16. The molecule has 2 aliphatic rings. The normalized spacial score (nSPS) is 13.2. The van der Waals surface area contributed by atoms with Gasteiger partial charge in [-0.05, 0) is 70.1 Å². The number of hydrogen-bond donors (Lipinski definition) is 0. The van der Waals surface area contributed by atoms with E-state index in [0.29, 0.717) is 17.5 Å². The highest BCUT2D eigenvalue weighted by Crippen LogP contribution is 2.62. The Hall–Kier alpha value is -8.74. The van der Waals surface area contributed by atoms with E-state index in [1.54, 1.807) is 0 Å². The molecular weight excluding hydrogens is 797 g/mol. The molecule has 0 saturated carbocycles. The smallest absolute Gasteiger partial charge is 0.167 e. The van der Waals surface area contributed by atoms with Crippen LogP contribution in [-0.4, -0.2) is 19.9 Å². The number of fused-ring (bicyclic) bond motifs is 15. The Labute approximate surface area is 373 Å². The molecule has 0 amide bonds. The first-order chi connectivity index (χ1) is 32.2. The maximum atomic E-state index is 6.66. The molecule has 0 atom stereocenters. The lowest BCUT2D eigenvalue weighted by Gasteiger charge is -2.39. The van der Waals surface area contributed by atoms with Crippen LogP contribution in [0.2, 0.25) is 0 Å². The summed E-state index contributed by atoms with van der Waals surface area (Å²) in [7, 11) is 0. The van der Waals surface area contributed by atoms with Crippen molar-refractivity contribution in [3.63, 3.8) is 0 Å². The summed E-state index contributed by atoms with van der Waals surface area (Å²) in [6, 6.07) is 72.0. The van der Waals surface area contributed by atoms with Crippen molar-refractivity contribution in [1.29, 1.82) is 0 Å². The van der Waals surface area contributed by atoms with Crippen molar-refractivity contribution in [2.45, 2.75) is 5.41 Å². The molecule has 0 bridgehead atoms. The molecule has 4 heterocycles. The van der Waals surface area contributed by atoms with Crippen molar-refractivity contribution in [2.24, 2.45) is 0 Å². The molecule has 1 aliphatic heterocycles. The first-order valence-corrected chi connectivity index (χ1v) is 21.9. The maximum absolute atomic E-state index is 6.66. The fourth-order valence-electron chi connectivity index (χ4n) is 10.6. The van der Waals surface area contributed by atoms with E-state index in [1.807, 2.05) is 60.7 Å². The van der Waals surface area contributed by atoms with E-state index >= 15 is 0 Å². The van der Waals surface area contributed by atoms with E-state index in [4.69, 9.17) is 29.1 Å². The number of nitrogens with zero attached hydrogens (tertiary/aromatic N) is 4. The highest BCUT2D eigenvalue weighted by Gasteiger charge is 2.51. The summed E-state index contributed by atoms with van der Waals surface area (Å²) in [5.74, 6) is 3.39. The molecule has 0 fully saturated rings. The lowest BCUT2D eigenvalue weighted by atomic mass is 9.66. The van der Waals surface area contributed by atoms with Gasteiger partial charge in [0, 0.05) is 49.4 Å². The van der Waals surface area contributed by atoms with Crippen molar-refractivity contribution in [3.05, 3.63) is 229 Å². The van der Waals surface area contributed by atoms with Crippen LogP contribution in [0.4, 0.5) is 0 Å². The number of rotatable bonds is 4. The number of pyridine rings is 1. The van der Waals surface area contributed by atoms with Crippen LogP contribution < -0.4 is 4.74 Å². The summed E-state index contributed by atoms with van der Waals surface area (Å²) in [6.45, 7) is 0. The van der Waals surface area contributed by atoms with Crippen LogP contribution in [0.15, 0.2) is 211 Å². The van der Waals surface area contributed by atoms with Crippen LogP contribution in [0.25, 0.3) is 100 Å². The number of para-hydroxylation sites is 4.